The standard InChI is InChI=1S/C17H17N3OS/c1-9-6-5-7-18-15(9)20-16(21)14-12(4)13-10(2)8-11(3)19-17(13)22-14/h5-8H,1-4H3,(H,18,20,21). The maximum Gasteiger partial charge on any atom is 0.267 e. The fourth-order valence-electron chi connectivity index (χ4n) is 2.62. The van der Waals surface area contributed by atoms with E-state index in [9.17, 15) is 4.79 Å². The number of aromatic nitrogens is 2. The average Bonchev–Trinajstić information content (AvgIpc) is 2.78. The molecule has 22 heavy (non-hydrogen) atoms. The SMILES string of the molecule is Cc1cc(C)c2c(C)c(C(=O)Nc3ncccc3C)sc2n1. The first-order valence-electron chi connectivity index (χ1n) is 7.07. The lowest BCUT2D eigenvalue weighted by Gasteiger charge is -2.06. The molecule has 1 amide bonds. The van der Waals surface area contributed by atoms with Crippen molar-refractivity contribution in [1.82, 2.24) is 9.97 Å². The Morgan fingerprint density at radius 3 is 2.68 bits per heavy atom. The summed E-state index contributed by atoms with van der Waals surface area (Å²) in [5, 5.41) is 3.98. The molecule has 3 aromatic rings. The Hall–Kier alpha value is -2.27. The van der Waals surface area contributed by atoms with Crippen LogP contribution in [0, 0.1) is 27.7 Å². The van der Waals surface area contributed by atoms with Crippen LogP contribution in [-0.4, -0.2) is 15.9 Å². The number of nitrogens with zero attached hydrogens (tertiary/aromatic N) is 2. The van der Waals surface area contributed by atoms with Crippen LogP contribution in [0.3, 0.4) is 0 Å². The van der Waals surface area contributed by atoms with Crippen LogP contribution < -0.4 is 5.32 Å². The second-order valence-electron chi connectivity index (χ2n) is 5.44. The minimum absolute atomic E-state index is 0.126. The summed E-state index contributed by atoms with van der Waals surface area (Å²) in [4.78, 5) is 23.0. The Labute approximate surface area is 133 Å². The van der Waals surface area contributed by atoms with E-state index in [1.807, 2.05) is 39.0 Å². The topological polar surface area (TPSA) is 54.9 Å². The summed E-state index contributed by atoms with van der Waals surface area (Å²) in [5.41, 5.74) is 4.05. The maximum atomic E-state index is 12.6. The van der Waals surface area contributed by atoms with E-state index in [4.69, 9.17) is 0 Å². The van der Waals surface area contributed by atoms with Gasteiger partial charge in [-0.05, 0) is 56.5 Å². The molecular formula is C17H17N3OS. The van der Waals surface area contributed by atoms with Crippen molar-refractivity contribution in [2.24, 2.45) is 0 Å². The molecule has 0 aliphatic rings. The molecule has 0 spiro atoms. The van der Waals surface area contributed by atoms with E-state index in [2.05, 4.69) is 22.2 Å². The van der Waals surface area contributed by atoms with Crippen molar-refractivity contribution in [1.29, 1.82) is 0 Å². The van der Waals surface area contributed by atoms with Crippen LogP contribution >= 0.6 is 11.3 Å². The molecule has 0 atom stereocenters. The van der Waals surface area contributed by atoms with Gasteiger partial charge in [0.15, 0.2) is 0 Å². The molecule has 0 saturated carbocycles. The van der Waals surface area contributed by atoms with Crippen LogP contribution in [0.5, 0.6) is 0 Å². The van der Waals surface area contributed by atoms with Crippen molar-refractivity contribution in [3.63, 3.8) is 0 Å². The number of fused-ring (bicyclic) bond motifs is 1. The molecule has 112 valence electrons. The predicted octanol–water partition coefficient (Wildman–Crippen LogP) is 4.18. The van der Waals surface area contributed by atoms with Crippen molar-refractivity contribution < 1.29 is 4.79 Å². The lowest BCUT2D eigenvalue weighted by atomic mass is 10.1. The minimum Gasteiger partial charge on any atom is -0.306 e. The summed E-state index contributed by atoms with van der Waals surface area (Å²) in [5.74, 6) is 0.476. The molecule has 0 radical (unpaired) electrons. The summed E-state index contributed by atoms with van der Waals surface area (Å²) in [6.45, 7) is 7.93. The molecule has 0 aliphatic heterocycles. The summed E-state index contributed by atoms with van der Waals surface area (Å²) in [7, 11) is 0. The number of nitrogens with one attached hydrogen (secondary N) is 1. The average molecular weight is 311 g/mol. The van der Waals surface area contributed by atoms with Crippen molar-refractivity contribution in [2.75, 3.05) is 5.32 Å². The van der Waals surface area contributed by atoms with Gasteiger partial charge in [-0.2, -0.15) is 0 Å². The first-order valence-corrected chi connectivity index (χ1v) is 7.89. The summed E-state index contributed by atoms with van der Waals surface area (Å²) < 4.78 is 0. The van der Waals surface area contributed by atoms with Gasteiger partial charge in [0, 0.05) is 17.3 Å². The van der Waals surface area contributed by atoms with Gasteiger partial charge in [-0.3, -0.25) is 4.79 Å². The third kappa shape index (κ3) is 2.48. The van der Waals surface area contributed by atoms with Crippen molar-refractivity contribution in [3.8, 4) is 0 Å². The van der Waals surface area contributed by atoms with Crippen LogP contribution in [0.1, 0.15) is 32.1 Å². The van der Waals surface area contributed by atoms with Crippen LogP contribution in [0.25, 0.3) is 10.2 Å². The largest absolute Gasteiger partial charge is 0.306 e. The quantitative estimate of drug-likeness (QED) is 0.772. The number of anilines is 1. The van der Waals surface area contributed by atoms with Crippen molar-refractivity contribution in [3.05, 3.63) is 51.7 Å². The summed E-state index contributed by atoms with van der Waals surface area (Å²) >= 11 is 1.43. The van der Waals surface area contributed by atoms with E-state index < -0.39 is 0 Å². The van der Waals surface area contributed by atoms with Gasteiger partial charge in [0.05, 0.1) is 4.88 Å². The molecule has 0 unspecified atom stereocenters. The molecule has 3 aromatic heterocycles. The third-order valence-corrected chi connectivity index (χ3v) is 4.86. The summed E-state index contributed by atoms with van der Waals surface area (Å²) in [6.07, 6.45) is 1.68. The minimum atomic E-state index is -0.126. The number of aryl methyl sites for hydroxylation is 4. The van der Waals surface area contributed by atoms with Crippen molar-refractivity contribution >= 4 is 33.3 Å². The van der Waals surface area contributed by atoms with Gasteiger partial charge >= 0.3 is 0 Å². The molecule has 3 heterocycles. The Balaban J connectivity index is 2.03. The highest BCUT2D eigenvalue weighted by molar-refractivity contribution is 7.20. The molecule has 3 rings (SSSR count). The van der Waals surface area contributed by atoms with E-state index in [0.29, 0.717) is 10.7 Å². The molecule has 0 bridgehead atoms. The number of pyridine rings is 2. The predicted molar refractivity (Wildman–Crippen MR) is 90.8 cm³/mol. The molecule has 4 nitrogen and oxygen atoms in total. The second-order valence-corrected chi connectivity index (χ2v) is 6.44. The Kier molecular flexibility index (Phi) is 3.66. The molecule has 1 N–H and O–H groups in total. The first kappa shape index (κ1) is 14.7. The van der Waals surface area contributed by atoms with Gasteiger partial charge in [0.1, 0.15) is 10.6 Å². The number of rotatable bonds is 2. The van der Waals surface area contributed by atoms with Gasteiger partial charge < -0.3 is 5.32 Å². The van der Waals surface area contributed by atoms with Gasteiger partial charge in [-0.1, -0.05) is 6.07 Å². The lowest BCUT2D eigenvalue weighted by Crippen LogP contribution is -2.13. The molecule has 0 aliphatic carbocycles. The molecule has 5 heteroatoms. The van der Waals surface area contributed by atoms with E-state index in [1.165, 1.54) is 11.3 Å². The number of hydrogen-bond donors (Lipinski definition) is 1. The number of carbonyl (C=O) groups is 1. The van der Waals surface area contributed by atoms with Gasteiger partial charge in [0.2, 0.25) is 0 Å². The molecular weight excluding hydrogens is 294 g/mol. The Morgan fingerprint density at radius 1 is 1.18 bits per heavy atom. The summed E-state index contributed by atoms with van der Waals surface area (Å²) in [6, 6.07) is 5.83. The molecule has 0 saturated heterocycles. The van der Waals surface area contributed by atoms with Crippen LogP contribution in [0.15, 0.2) is 24.4 Å². The molecule has 0 fully saturated rings. The van der Waals surface area contributed by atoms with Gasteiger partial charge in [-0.25, -0.2) is 9.97 Å². The normalized spacial score (nSPS) is 10.9. The fraction of sp³-hybridized carbons (Fsp3) is 0.235. The van der Waals surface area contributed by atoms with E-state index in [1.54, 1.807) is 6.20 Å². The third-order valence-electron chi connectivity index (χ3n) is 3.67. The Bertz CT molecular complexity index is 883. The highest BCUT2D eigenvalue weighted by Gasteiger charge is 2.18. The maximum absolute atomic E-state index is 12.6. The zero-order valence-electron chi connectivity index (χ0n) is 13.0. The number of carbonyl (C=O) groups excluding carboxylic acids is 1. The van der Waals surface area contributed by atoms with Crippen LogP contribution in [-0.2, 0) is 0 Å². The highest BCUT2D eigenvalue weighted by Crippen LogP contribution is 2.32. The van der Waals surface area contributed by atoms with Crippen LogP contribution in [0.4, 0.5) is 5.82 Å². The number of hydrogen-bond acceptors (Lipinski definition) is 4. The zero-order chi connectivity index (χ0) is 15.9. The van der Waals surface area contributed by atoms with Crippen molar-refractivity contribution in [2.45, 2.75) is 27.7 Å². The van der Waals surface area contributed by atoms with E-state index >= 15 is 0 Å². The zero-order valence-corrected chi connectivity index (χ0v) is 13.8. The Morgan fingerprint density at radius 2 is 1.95 bits per heavy atom. The van der Waals surface area contributed by atoms with Gasteiger partial charge in [0.25, 0.3) is 5.91 Å². The molecule has 0 aromatic carbocycles. The van der Waals surface area contributed by atoms with E-state index in [0.717, 1.165) is 32.6 Å². The lowest BCUT2D eigenvalue weighted by molar-refractivity contribution is 0.102. The highest BCUT2D eigenvalue weighted by atomic mass is 32.1. The van der Waals surface area contributed by atoms with Crippen LogP contribution in [0.2, 0.25) is 0 Å². The number of thiophene rings is 1. The monoisotopic (exact) mass is 311 g/mol. The number of amides is 1. The van der Waals surface area contributed by atoms with Gasteiger partial charge in [-0.15, -0.1) is 11.3 Å². The first-order chi connectivity index (χ1) is 10.5. The second kappa shape index (κ2) is 5.50. The van der Waals surface area contributed by atoms with E-state index in [-0.39, 0.29) is 5.91 Å². The fourth-order valence-corrected chi connectivity index (χ4v) is 3.81. The smallest absolute Gasteiger partial charge is 0.267 e.